The van der Waals surface area contributed by atoms with Gasteiger partial charge in [-0.25, -0.2) is 0 Å². The van der Waals surface area contributed by atoms with Crippen LogP contribution in [0.3, 0.4) is 0 Å². The quantitative estimate of drug-likeness (QED) is 0.0918. The van der Waals surface area contributed by atoms with E-state index < -0.39 is 17.7 Å². The number of nitrogens with zero attached hydrogens (tertiary/aromatic N) is 4. The minimum absolute atomic E-state index is 0.0234. The first-order valence-corrected chi connectivity index (χ1v) is 13.6. The molecule has 3 heterocycles. The first-order chi connectivity index (χ1) is 17.4. The number of pyridine rings is 1. The maximum absolute atomic E-state index is 13.3. The topological polar surface area (TPSA) is 96.3 Å². The van der Waals surface area contributed by atoms with Crippen LogP contribution in [0.2, 0.25) is 5.02 Å². The Hall–Kier alpha value is -3.05. The Morgan fingerprint density at radius 1 is 1.08 bits per heavy atom. The molecular formula is C25H16BrClN4O3S2. The molecule has 1 fully saturated rings. The first-order valence-electron chi connectivity index (χ1n) is 10.6. The molecule has 2 aromatic heterocycles. The number of halogens is 2. The van der Waals surface area contributed by atoms with Crippen molar-refractivity contribution in [2.45, 2.75) is 16.1 Å². The van der Waals surface area contributed by atoms with Crippen LogP contribution >= 0.6 is 50.6 Å². The maximum atomic E-state index is 13.3. The van der Waals surface area contributed by atoms with Crippen LogP contribution in [0.1, 0.15) is 22.7 Å². The van der Waals surface area contributed by atoms with Gasteiger partial charge in [-0.1, -0.05) is 81.0 Å². The van der Waals surface area contributed by atoms with Gasteiger partial charge in [0, 0.05) is 33.2 Å². The lowest BCUT2D eigenvalue weighted by Gasteiger charge is -2.22. The summed E-state index contributed by atoms with van der Waals surface area (Å²) in [5.74, 6) is -1.28. The number of thioether (sulfide) groups is 1. The van der Waals surface area contributed by atoms with E-state index >= 15 is 0 Å². The number of hydrogen-bond donors (Lipinski definition) is 1. The zero-order valence-electron chi connectivity index (χ0n) is 18.3. The number of aliphatic hydroxyl groups excluding tert-OH is 1. The Balaban J connectivity index is 1.54. The van der Waals surface area contributed by atoms with Gasteiger partial charge in [-0.05, 0) is 41.5 Å². The molecule has 0 bridgehead atoms. The van der Waals surface area contributed by atoms with Crippen LogP contribution < -0.4 is 4.90 Å². The highest BCUT2D eigenvalue weighted by atomic mass is 79.9. The second-order valence-electron chi connectivity index (χ2n) is 7.69. The van der Waals surface area contributed by atoms with Gasteiger partial charge in [0.25, 0.3) is 5.78 Å². The predicted octanol–water partition coefficient (Wildman–Crippen LogP) is 6.27. The lowest BCUT2D eigenvalue weighted by atomic mass is 9.96. The van der Waals surface area contributed by atoms with Crippen LogP contribution in [0.4, 0.5) is 5.13 Å². The molecular weight excluding hydrogens is 584 g/mol. The molecule has 0 spiro atoms. The van der Waals surface area contributed by atoms with Gasteiger partial charge in [0.1, 0.15) is 5.76 Å². The van der Waals surface area contributed by atoms with Crippen molar-refractivity contribution in [2.24, 2.45) is 0 Å². The van der Waals surface area contributed by atoms with Gasteiger partial charge in [-0.15, -0.1) is 10.2 Å². The minimum atomic E-state index is -0.884. The third-order valence-electron chi connectivity index (χ3n) is 5.47. The standard InChI is InChI=1S/C25H16BrClN4O3S2/c26-17-6-3-5-15(12-17)20-19(21(32)14-8-10-28-11-9-14)22(33)23(34)31(20)24-29-30-25(36-24)35-13-16-4-1-2-7-18(16)27/h1-12,20,32H,13H2/b21-19+. The summed E-state index contributed by atoms with van der Waals surface area (Å²) >= 11 is 12.3. The van der Waals surface area contributed by atoms with Gasteiger partial charge in [0.15, 0.2) is 4.34 Å². The summed E-state index contributed by atoms with van der Waals surface area (Å²) in [6, 6.07) is 17.0. The summed E-state index contributed by atoms with van der Waals surface area (Å²) in [7, 11) is 0. The highest BCUT2D eigenvalue weighted by Crippen LogP contribution is 2.44. The number of aromatic nitrogens is 3. The lowest BCUT2D eigenvalue weighted by Crippen LogP contribution is -2.29. The molecule has 0 aliphatic carbocycles. The largest absolute Gasteiger partial charge is 0.507 e. The summed E-state index contributed by atoms with van der Waals surface area (Å²) < 4.78 is 1.39. The monoisotopic (exact) mass is 598 g/mol. The molecule has 1 saturated heterocycles. The van der Waals surface area contributed by atoms with Crippen LogP contribution in [0.5, 0.6) is 0 Å². The van der Waals surface area contributed by atoms with E-state index in [0.29, 0.717) is 26.2 Å². The molecule has 180 valence electrons. The van der Waals surface area contributed by atoms with Crippen molar-refractivity contribution in [2.75, 3.05) is 4.90 Å². The predicted molar refractivity (Wildman–Crippen MR) is 144 cm³/mol. The minimum Gasteiger partial charge on any atom is -0.507 e. The van der Waals surface area contributed by atoms with E-state index in [-0.39, 0.29) is 16.5 Å². The molecule has 0 saturated carbocycles. The number of ketones is 1. The molecule has 36 heavy (non-hydrogen) atoms. The van der Waals surface area contributed by atoms with Crippen molar-refractivity contribution < 1.29 is 14.7 Å². The van der Waals surface area contributed by atoms with Crippen molar-refractivity contribution in [3.63, 3.8) is 0 Å². The highest BCUT2D eigenvalue weighted by molar-refractivity contribution is 9.10. The molecule has 11 heteroatoms. The SMILES string of the molecule is O=C1C(=O)N(c2nnc(SCc3ccccc3Cl)s2)C(c2cccc(Br)c2)/C1=C(\O)c1ccncc1. The summed E-state index contributed by atoms with van der Waals surface area (Å²) in [4.78, 5) is 31.8. The van der Waals surface area contributed by atoms with Gasteiger partial charge >= 0.3 is 5.91 Å². The maximum Gasteiger partial charge on any atom is 0.301 e. The lowest BCUT2D eigenvalue weighted by molar-refractivity contribution is -0.132. The average molecular weight is 600 g/mol. The Morgan fingerprint density at radius 2 is 1.86 bits per heavy atom. The normalized spacial score (nSPS) is 17.1. The molecule has 0 radical (unpaired) electrons. The number of benzene rings is 2. The Kier molecular flexibility index (Phi) is 7.20. The fraction of sp³-hybridized carbons (Fsp3) is 0.0800. The van der Waals surface area contributed by atoms with Crippen LogP contribution in [0.25, 0.3) is 5.76 Å². The summed E-state index contributed by atoms with van der Waals surface area (Å²) in [6.45, 7) is 0. The van der Waals surface area contributed by atoms with Gasteiger partial charge in [-0.2, -0.15) is 0 Å². The smallest absolute Gasteiger partial charge is 0.301 e. The summed E-state index contributed by atoms with van der Waals surface area (Å²) in [5, 5.41) is 20.5. The Labute approximate surface area is 228 Å². The number of aliphatic hydroxyl groups is 1. The van der Waals surface area contributed by atoms with E-state index in [2.05, 4.69) is 31.1 Å². The number of amides is 1. The van der Waals surface area contributed by atoms with Crippen LogP contribution in [0, 0.1) is 0 Å². The third-order valence-corrected chi connectivity index (χ3v) is 8.44. The molecule has 5 rings (SSSR count). The fourth-order valence-electron chi connectivity index (χ4n) is 3.80. The first kappa shape index (κ1) is 24.6. The molecule has 1 unspecified atom stereocenters. The number of carbonyl (C=O) groups excluding carboxylic acids is 2. The second kappa shape index (κ2) is 10.5. The zero-order valence-corrected chi connectivity index (χ0v) is 22.3. The van der Waals surface area contributed by atoms with Crippen molar-refractivity contribution in [1.29, 1.82) is 0 Å². The van der Waals surface area contributed by atoms with Crippen LogP contribution in [0.15, 0.2) is 87.4 Å². The molecule has 1 amide bonds. The van der Waals surface area contributed by atoms with E-state index in [9.17, 15) is 14.7 Å². The van der Waals surface area contributed by atoms with Crippen molar-refractivity contribution in [1.82, 2.24) is 15.2 Å². The summed E-state index contributed by atoms with van der Waals surface area (Å²) in [5.41, 5.74) is 1.95. The molecule has 2 aromatic carbocycles. The number of rotatable bonds is 6. The molecule has 1 aliphatic rings. The number of hydrogen-bond acceptors (Lipinski definition) is 8. The van der Waals surface area contributed by atoms with Gasteiger partial charge in [-0.3, -0.25) is 19.5 Å². The number of carbonyl (C=O) groups is 2. The zero-order chi connectivity index (χ0) is 25.2. The number of anilines is 1. The van der Waals surface area contributed by atoms with Crippen molar-refractivity contribution in [3.8, 4) is 0 Å². The second-order valence-corrected chi connectivity index (χ2v) is 11.2. The number of Topliss-reactive ketones (excluding diaryl/α,β-unsaturated/α-hetero) is 1. The van der Waals surface area contributed by atoms with Crippen molar-refractivity contribution >= 4 is 73.2 Å². The molecule has 7 nitrogen and oxygen atoms in total. The molecule has 4 aromatic rings. The van der Waals surface area contributed by atoms with Gasteiger partial charge in [0.2, 0.25) is 5.13 Å². The average Bonchev–Trinajstić information content (AvgIpc) is 3.46. The van der Waals surface area contributed by atoms with E-state index in [4.69, 9.17) is 11.6 Å². The molecule has 1 aliphatic heterocycles. The Morgan fingerprint density at radius 3 is 2.61 bits per heavy atom. The highest BCUT2D eigenvalue weighted by Gasteiger charge is 2.48. The Bertz CT molecular complexity index is 1500. The van der Waals surface area contributed by atoms with Crippen LogP contribution in [-0.2, 0) is 15.3 Å². The molecule has 1 atom stereocenters. The van der Waals surface area contributed by atoms with E-state index in [0.717, 1.165) is 10.0 Å². The third kappa shape index (κ3) is 4.81. The van der Waals surface area contributed by atoms with Gasteiger partial charge in [0.05, 0.1) is 11.6 Å². The van der Waals surface area contributed by atoms with E-state index in [1.165, 1.54) is 40.4 Å². The van der Waals surface area contributed by atoms with Gasteiger partial charge < -0.3 is 5.11 Å². The summed E-state index contributed by atoms with van der Waals surface area (Å²) in [6.07, 6.45) is 3.01. The van der Waals surface area contributed by atoms with Crippen LogP contribution in [-0.4, -0.2) is 32.0 Å². The van der Waals surface area contributed by atoms with E-state index in [1.54, 1.807) is 30.3 Å². The van der Waals surface area contributed by atoms with Crippen molar-refractivity contribution in [3.05, 3.63) is 105 Å². The van der Waals surface area contributed by atoms with E-state index in [1.807, 2.05) is 30.3 Å². The molecule has 1 N–H and O–H groups in total. The fourth-order valence-corrected chi connectivity index (χ4v) is 6.37.